The van der Waals surface area contributed by atoms with Crippen LogP contribution in [0.4, 0.5) is 0 Å². The first-order valence-corrected chi connectivity index (χ1v) is 9.57. The maximum absolute atomic E-state index is 12.4. The van der Waals surface area contributed by atoms with E-state index in [0.29, 0.717) is 35.4 Å². The van der Waals surface area contributed by atoms with E-state index in [1.54, 1.807) is 25.4 Å². The van der Waals surface area contributed by atoms with Gasteiger partial charge in [-0.15, -0.1) is 11.3 Å². The van der Waals surface area contributed by atoms with Crippen LogP contribution in [-0.4, -0.2) is 24.5 Å². The number of aromatic amines is 1. The molecule has 0 saturated heterocycles. The molecule has 0 unspecified atom stereocenters. The number of carbonyl (C=O) groups excluding carboxylic acids is 1. The number of hydrogen-bond donors (Lipinski definition) is 2. The molecule has 1 amide bonds. The normalized spacial score (nSPS) is 11.6. The van der Waals surface area contributed by atoms with Gasteiger partial charge in [0.2, 0.25) is 5.91 Å². The first kappa shape index (κ1) is 18.9. The molecule has 0 aliphatic carbocycles. The lowest BCUT2D eigenvalue weighted by Gasteiger charge is -2.10. The number of hydrogen-bond acceptors (Lipinski definition) is 4. The molecule has 27 heavy (non-hydrogen) atoms. The van der Waals surface area contributed by atoms with E-state index in [1.807, 2.05) is 48.7 Å². The van der Waals surface area contributed by atoms with Crippen molar-refractivity contribution in [1.29, 1.82) is 0 Å². The summed E-state index contributed by atoms with van der Waals surface area (Å²) >= 11 is 1.58. The third-order valence-corrected chi connectivity index (χ3v) is 5.25. The molecule has 1 aromatic carbocycles. The smallest absolute Gasteiger partial charge is 0.251 e. The zero-order valence-electron chi connectivity index (χ0n) is 15.6. The number of pyridine rings is 1. The van der Waals surface area contributed by atoms with E-state index in [0.717, 1.165) is 15.8 Å². The van der Waals surface area contributed by atoms with E-state index in [1.165, 1.54) is 0 Å². The molecule has 0 saturated carbocycles. The van der Waals surface area contributed by atoms with E-state index < -0.39 is 0 Å². The van der Waals surface area contributed by atoms with Crippen LogP contribution in [0.5, 0.6) is 5.75 Å². The van der Waals surface area contributed by atoms with Gasteiger partial charge >= 0.3 is 0 Å². The predicted octanol–water partition coefficient (Wildman–Crippen LogP) is 3.67. The number of ether oxygens (including phenoxy) is 1. The zero-order chi connectivity index (χ0) is 19.4. The molecular weight excluding hydrogens is 360 g/mol. The molecule has 0 bridgehead atoms. The van der Waals surface area contributed by atoms with Gasteiger partial charge in [-0.05, 0) is 55.5 Å². The quantitative estimate of drug-likeness (QED) is 0.639. The van der Waals surface area contributed by atoms with Gasteiger partial charge in [-0.25, -0.2) is 0 Å². The second kappa shape index (κ2) is 8.22. The Bertz CT molecular complexity index is 1050. The average molecular weight is 382 g/mol. The number of carbonyl (C=O) groups is 1. The summed E-state index contributed by atoms with van der Waals surface area (Å²) in [6.45, 7) is 4.17. The van der Waals surface area contributed by atoms with Crippen molar-refractivity contribution >= 4 is 34.2 Å². The average Bonchev–Trinajstić information content (AvgIpc) is 3.16. The van der Waals surface area contributed by atoms with Crippen molar-refractivity contribution in [3.8, 4) is 5.75 Å². The van der Waals surface area contributed by atoms with Crippen molar-refractivity contribution in [3.63, 3.8) is 0 Å². The Morgan fingerprint density at radius 3 is 2.85 bits per heavy atom. The number of fused-ring (bicyclic) bond motifs is 1. The highest BCUT2D eigenvalue weighted by atomic mass is 32.1. The summed E-state index contributed by atoms with van der Waals surface area (Å²) in [5.41, 5.74) is 2.88. The Kier molecular flexibility index (Phi) is 5.76. The van der Waals surface area contributed by atoms with Crippen LogP contribution in [0.15, 0.2) is 46.1 Å². The molecule has 0 spiro atoms. The fraction of sp³-hybridized carbons (Fsp3) is 0.238. The summed E-state index contributed by atoms with van der Waals surface area (Å²) in [5.74, 6) is 0.514. The third-order valence-electron chi connectivity index (χ3n) is 4.43. The number of nitrogens with one attached hydrogen (secondary N) is 2. The highest BCUT2D eigenvalue weighted by molar-refractivity contribution is 7.10. The zero-order valence-corrected chi connectivity index (χ0v) is 16.4. The second-order valence-corrected chi connectivity index (χ2v) is 7.33. The Balaban J connectivity index is 1.72. The van der Waals surface area contributed by atoms with E-state index in [-0.39, 0.29) is 11.5 Å². The number of aryl methyl sites for hydroxylation is 1. The van der Waals surface area contributed by atoms with Crippen LogP contribution < -0.4 is 15.6 Å². The minimum absolute atomic E-state index is 0.126. The molecule has 0 aliphatic rings. The minimum atomic E-state index is -0.161. The summed E-state index contributed by atoms with van der Waals surface area (Å²) in [7, 11) is 1.58. The van der Waals surface area contributed by atoms with E-state index >= 15 is 0 Å². The topological polar surface area (TPSA) is 71.2 Å². The molecule has 140 valence electrons. The molecule has 3 rings (SSSR count). The molecule has 2 N–H and O–H groups in total. The van der Waals surface area contributed by atoms with Crippen molar-refractivity contribution in [2.75, 3.05) is 13.7 Å². The van der Waals surface area contributed by atoms with Gasteiger partial charge in [0.25, 0.3) is 5.56 Å². The van der Waals surface area contributed by atoms with E-state index in [9.17, 15) is 9.59 Å². The number of H-pyrrole nitrogens is 1. The number of benzene rings is 1. The molecule has 2 aromatic heterocycles. The van der Waals surface area contributed by atoms with E-state index in [2.05, 4.69) is 10.3 Å². The number of methoxy groups -OCH3 is 1. The van der Waals surface area contributed by atoms with Crippen LogP contribution >= 0.6 is 11.3 Å². The Morgan fingerprint density at radius 1 is 1.33 bits per heavy atom. The van der Waals surface area contributed by atoms with Crippen molar-refractivity contribution in [3.05, 3.63) is 67.6 Å². The summed E-state index contributed by atoms with van der Waals surface area (Å²) in [6, 6.07) is 9.60. The summed E-state index contributed by atoms with van der Waals surface area (Å²) in [6.07, 6.45) is 2.32. The fourth-order valence-corrected chi connectivity index (χ4v) is 3.63. The van der Waals surface area contributed by atoms with Gasteiger partial charge in [-0.1, -0.05) is 12.1 Å². The monoisotopic (exact) mass is 382 g/mol. The third kappa shape index (κ3) is 4.28. The van der Waals surface area contributed by atoms with Gasteiger partial charge in [0.05, 0.1) is 12.6 Å². The molecule has 0 fully saturated rings. The lowest BCUT2D eigenvalue weighted by Crippen LogP contribution is -2.28. The fourth-order valence-electron chi connectivity index (χ4n) is 2.91. The lowest BCUT2D eigenvalue weighted by atomic mass is 10.1. The maximum Gasteiger partial charge on any atom is 0.251 e. The molecule has 6 heteroatoms. The predicted molar refractivity (Wildman–Crippen MR) is 111 cm³/mol. The Hall–Kier alpha value is -2.86. The first-order chi connectivity index (χ1) is 13.0. The van der Waals surface area contributed by atoms with Crippen LogP contribution in [0.25, 0.3) is 17.0 Å². The second-order valence-electron chi connectivity index (χ2n) is 6.35. The molecule has 0 atom stereocenters. The van der Waals surface area contributed by atoms with Gasteiger partial charge in [0, 0.05) is 27.9 Å². The highest BCUT2D eigenvalue weighted by Gasteiger charge is 2.10. The van der Waals surface area contributed by atoms with Crippen LogP contribution in [0.1, 0.15) is 22.9 Å². The Morgan fingerprint density at radius 2 is 2.15 bits per heavy atom. The molecular formula is C21H22N2O3S. The molecule has 3 aromatic rings. The van der Waals surface area contributed by atoms with Crippen LogP contribution in [-0.2, 0) is 11.2 Å². The van der Waals surface area contributed by atoms with Gasteiger partial charge in [0.15, 0.2) is 0 Å². The van der Waals surface area contributed by atoms with Crippen molar-refractivity contribution < 1.29 is 9.53 Å². The first-order valence-electron chi connectivity index (χ1n) is 8.69. The number of thiophene rings is 1. The van der Waals surface area contributed by atoms with Crippen molar-refractivity contribution in [2.24, 2.45) is 0 Å². The summed E-state index contributed by atoms with van der Waals surface area (Å²) < 4.78 is 5.33. The number of aromatic nitrogens is 1. The van der Waals surface area contributed by atoms with Gasteiger partial charge in [-0.2, -0.15) is 0 Å². The van der Waals surface area contributed by atoms with Gasteiger partial charge < -0.3 is 15.0 Å². The molecule has 0 radical (unpaired) electrons. The number of rotatable bonds is 6. The molecule has 0 aliphatic heterocycles. The lowest BCUT2D eigenvalue weighted by molar-refractivity contribution is -0.117. The largest absolute Gasteiger partial charge is 0.495 e. The summed E-state index contributed by atoms with van der Waals surface area (Å²) in [5, 5.41) is 5.80. The standard InChI is InChI=1S/C21H22N2O3S/c1-13-6-7-18(26-3)19-17(13)12-15(21(25)23-19)8-9-22-20(24)14(2)11-16-5-4-10-27-16/h4-7,10-12H,8-9H2,1-3H3,(H,22,24)(H,23,25)/b14-11+. The van der Waals surface area contributed by atoms with Crippen molar-refractivity contribution in [2.45, 2.75) is 20.3 Å². The van der Waals surface area contributed by atoms with Crippen LogP contribution in [0.3, 0.4) is 0 Å². The minimum Gasteiger partial charge on any atom is -0.495 e. The van der Waals surface area contributed by atoms with Gasteiger partial charge in [0.1, 0.15) is 5.75 Å². The SMILES string of the molecule is COc1ccc(C)c2cc(CCNC(=O)/C(C)=C/c3cccs3)c(=O)[nH]c12. The van der Waals surface area contributed by atoms with E-state index in [4.69, 9.17) is 4.74 Å². The van der Waals surface area contributed by atoms with Crippen LogP contribution in [0.2, 0.25) is 0 Å². The van der Waals surface area contributed by atoms with Crippen LogP contribution in [0, 0.1) is 6.92 Å². The Labute approximate surface area is 161 Å². The van der Waals surface area contributed by atoms with Crippen molar-refractivity contribution in [1.82, 2.24) is 10.3 Å². The maximum atomic E-state index is 12.4. The highest BCUT2D eigenvalue weighted by Crippen LogP contribution is 2.25. The number of amides is 1. The molecule has 5 nitrogen and oxygen atoms in total. The molecule has 2 heterocycles. The van der Waals surface area contributed by atoms with Gasteiger partial charge in [-0.3, -0.25) is 9.59 Å². The summed E-state index contributed by atoms with van der Waals surface area (Å²) in [4.78, 5) is 28.6.